The van der Waals surface area contributed by atoms with Crippen molar-refractivity contribution < 1.29 is 23.1 Å². The molecule has 7 nitrogen and oxygen atoms in total. The lowest BCUT2D eigenvalue weighted by Gasteiger charge is -2.28. The monoisotopic (exact) mass is 524 g/mol. The molecule has 10 heteroatoms. The number of fused-ring (bicyclic) bond motifs is 2. The normalized spacial score (nSPS) is 23.8. The molecule has 1 aromatic rings. The van der Waals surface area contributed by atoms with E-state index in [2.05, 4.69) is 22.8 Å². The maximum Gasteiger partial charge on any atom is 0.303 e. The Morgan fingerprint density at radius 2 is 1.76 bits per heavy atom. The van der Waals surface area contributed by atoms with E-state index in [1.165, 1.54) is 0 Å². The summed E-state index contributed by atoms with van der Waals surface area (Å²) in [6.07, 6.45) is 9.38. The number of ether oxygens (including phenoxy) is 1. The molecule has 0 amide bonds. The van der Waals surface area contributed by atoms with E-state index in [1.54, 1.807) is 30.3 Å². The van der Waals surface area contributed by atoms with Crippen molar-refractivity contribution in [1.29, 1.82) is 0 Å². The van der Waals surface area contributed by atoms with Gasteiger partial charge in [0.25, 0.3) is 0 Å². The minimum absolute atomic E-state index is 0.196. The van der Waals surface area contributed by atoms with Crippen LogP contribution in [0.3, 0.4) is 0 Å². The fraction of sp³-hybridized carbons (Fsp3) is 0.542. The number of hydrogen-bond donors (Lipinski definition) is 3. The van der Waals surface area contributed by atoms with Crippen LogP contribution in [0.5, 0.6) is 0 Å². The molecule has 34 heavy (non-hydrogen) atoms. The number of benzene rings is 1. The van der Waals surface area contributed by atoms with Gasteiger partial charge in [-0.25, -0.2) is 8.42 Å². The predicted octanol–water partition coefficient (Wildman–Crippen LogP) is 3.29. The van der Waals surface area contributed by atoms with Gasteiger partial charge in [-0.1, -0.05) is 54.8 Å². The molecular weight excluding hydrogens is 492 g/mol. The minimum Gasteiger partial charge on any atom is -0.481 e. The van der Waals surface area contributed by atoms with Gasteiger partial charge in [0.15, 0.2) is 9.84 Å². The zero-order chi connectivity index (χ0) is 24.6. The average Bonchev–Trinajstić information content (AvgIpc) is 3.40. The number of aliphatic carboxylic acids is 1. The van der Waals surface area contributed by atoms with Crippen LogP contribution in [0, 0.1) is 11.8 Å². The number of allylic oxidation sites excluding steroid dienone is 2. The summed E-state index contributed by atoms with van der Waals surface area (Å²) in [5.74, 6) is -0.249. The fourth-order valence-electron chi connectivity index (χ4n) is 4.63. The summed E-state index contributed by atoms with van der Waals surface area (Å²) in [5.41, 5.74) is 0. The van der Waals surface area contributed by atoms with Gasteiger partial charge in [-0.2, -0.15) is 0 Å². The number of sulfone groups is 1. The lowest BCUT2D eigenvalue weighted by Crippen LogP contribution is -2.42. The van der Waals surface area contributed by atoms with Crippen LogP contribution >= 0.6 is 24.4 Å². The van der Waals surface area contributed by atoms with Crippen molar-refractivity contribution in [3.05, 3.63) is 42.5 Å². The highest BCUT2D eigenvalue weighted by Gasteiger charge is 2.47. The number of unbranched alkanes of at least 4 members (excludes halogenated alkanes) is 1. The van der Waals surface area contributed by atoms with E-state index in [4.69, 9.17) is 34.3 Å². The third-order valence-corrected chi connectivity index (χ3v) is 8.75. The Hall–Kier alpha value is -1.88. The lowest BCUT2D eigenvalue weighted by atomic mass is 9.77. The van der Waals surface area contributed by atoms with Gasteiger partial charge in [0.05, 0.1) is 33.6 Å². The first-order valence-electron chi connectivity index (χ1n) is 11.6. The zero-order valence-electron chi connectivity index (χ0n) is 19.0. The predicted molar refractivity (Wildman–Crippen MR) is 140 cm³/mol. The Bertz CT molecular complexity index is 997. The molecule has 3 rings (SSSR count). The van der Waals surface area contributed by atoms with E-state index in [9.17, 15) is 13.2 Å². The molecule has 3 N–H and O–H groups in total. The first kappa shape index (κ1) is 26.7. The Morgan fingerprint density at radius 1 is 1.06 bits per heavy atom. The van der Waals surface area contributed by atoms with E-state index in [1.807, 2.05) is 0 Å². The molecule has 0 spiro atoms. The van der Waals surface area contributed by atoms with Crippen molar-refractivity contribution in [1.82, 2.24) is 10.6 Å². The highest BCUT2D eigenvalue weighted by atomic mass is 32.2. The van der Waals surface area contributed by atoms with Gasteiger partial charge in [-0.15, -0.1) is 0 Å². The molecule has 1 aromatic carbocycles. The van der Waals surface area contributed by atoms with Crippen LogP contribution in [0.2, 0.25) is 0 Å². The Kier molecular flexibility index (Phi) is 9.99. The second-order valence-corrected chi connectivity index (χ2v) is 11.7. The van der Waals surface area contributed by atoms with Gasteiger partial charge in [0, 0.05) is 18.9 Å². The number of nitrogens with one attached hydrogen (secondary N) is 2. The number of thiocarbonyl (C=S) groups is 2. The lowest BCUT2D eigenvalue weighted by molar-refractivity contribution is -0.137. The molecule has 4 atom stereocenters. The minimum atomic E-state index is -3.48. The number of carboxylic acids is 1. The Morgan fingerprint density at radius 3 is 2.47 bits per heavy atom. The van der Waals surface area contributed by atoms with E-state index in [0.29, 0.717) is 29.8 Å². The highest BCUT2D eigenvalue weighted by molar-refractivity contribution is 7.94. The molecule has 0 radical (unpaired) electrons. The molecule has 0 saturated carbocycles. The van der Waals surface area contributed by atoms with Crippen LogP contribution in [0.15, 0.2) is 47.4 Å². The number of carboxylic acid groups (broad SMARTS) is 1. The third kappa shape index (κ3) is 7.83. The standard InChI is InChI=1S/C24H32N2O5S3/c27-24(28)11-7-2-1-6-10-18-19(21-13-12-20(18)31-21)14-25-22(32)15-26-23(33)16-34(29,30)17-8-4-3-5-9-17/h1,3-6,8-9,18-21H,2,7,10-16H2,(H,25,32)(H,26,33)(H,27,28)/b6-1-/t18-,19+,20-,21+/m0/s1. The van der Waals surface area contributed by atoms with Crippen molar-refractivity contribution in [3.8, 4) is 0 Å². The van der Waals surface area contributed by atoms with E-state index in [0.717, 1.165) is 25.7 Å². The van der Waals surface area contributed by atoms with Crippen LogP contribution in [0.1, 0.15) is 38.5 Å². The molecule has 0 aromatic heterocycles. The second kappa shape index (κ2) is 12.7. The quantitative estimate of drug-likeness (QED) is 0.204. The van der Waals surface area contributed by atoms with Crippen molar-refractivity contribution in [2.45, 2.75) is 55.6 Å². The maximum atomic E-state index is 12.4. The second-order valence-electron chi connectivity index (χ2n) is 8.76. The van der Waals surface area contributed by atoms with Crippen LogP contribution in [0.25, 0.3) is 0 Å². The first-order valence-corrected chi connectivity index (χ1v) is 14.1. The van der Waals surface area contributed by atoms with Gasteiger partial charge in [-0.05, 0) is 50.2 Å². The van der Waals surface area contributed by atoms with Crippen molar-refractivity contribution in [2.75, 3.05) is 18.8 Å². The molecule has 2 saturated heterocycles. The topological polar surface area (TPSA) is 105 Å². The molecule has 2 aliphatic rings. The Balaban J connectivity index is 1.40. The summed E-state index contributed by atoms with van der Waals surface area (Å²) in [4.78, 5) is 11.7. The Labute approximate surface area is 212 Å². The van der Waals surface area contributed by atoms with Gasteiger partial charge in [0.2, 0.25) is 0 Å². The van der Waals surface area contributed by atoms with E-state index in [-0.39, 0.29) is 40.8 Å². The van der Waals surface area contributed by atoms with Gasteiger partial charge in [-0.3, -0.25) is 4.79 Å². The zero-order valence-corrected chi connectivity index (χ0v) is 21.5. The molecule has 2 bridgehead atoms. The van der Waals surface area contributed by atoms with Crippen molar-refractivity contribution in [2.24, 2.45) is 11.8 Å². The van der Waals surface area contributed by atoms with Gasteiger partial charge in [0.1, 0.15) is 5.75 Å². The van der Waals surface area contributed by atoms with Crippen LogP contribution in [-0.4, -0.2) is 60.5 Å². The number of carbonyl (C=O) groups is 1. The summed E-state index contributed by atoms with van der Waals surface area (Å²) in [7, 11) is -3.48. The van der Waals surface area contributed by atoms with E-state index >= 15 is 0 Å². The smallest absolute Gasteiger partial charge is 0.303 e. The molecular formula is C24H32N2O5S3. The summed E-state index contributed by atoms with van der Waals surface area (Å²) in [5, 5.41) is 15.0. The van der Waals surface area contributed by atoms with Crippen LogP contribution in [-0.2, 0) is 19.4 Å². The maximum absolute atomic E-state index is 12.4. The van der Waals surface area contributed by atoms with Crippen LogP contribution < -0.4 is 10.6 Å². The SMILES string of the molecule is O=C(O)CCC/C=C\C[C@H]1[C@@H](CNC(=S)CNC(=S)CS(=O)(=O)c2ccccc2)[C@H]2CC[C@@H]1O2. The highest BCUT2D eigenvalue weighted by Crippen LogP contribution is 2.44. The fourth-order valence-corrected chi connectivity index (χ4v) is 6.51. The number of rotatable bonds is 13. The first-order chi connectivity index (χ1) is 16.3. The molecule has 186 valence electrons. The molecule has 0 aliphatic carbocycles. The molecule has 2 heterocycles. The summed E-state index contributed by atoms with van der Waals surface area (Å²) in [6.45, 7) is 0.989. The third-order valence-electron chi connectivity index (χ3n) is 6.33. The average molecular weight is 525 g/mol. The molecule has 2 fully saturated rings. The van der Waals surface area contributed by atoms with E-state index < -0.39 is 15.8 Å². The summed E-state index contributed by atoms with van der Waals surface area (Å²) in [6, 6.07) is 8.26. The molecule has 0 unspecified atom stereocenters. The van der Waals surface area contributed by atoms with Gasteiger partial charge >= 0.3 is 5.97 Å². The van der Waals surface area contributed by atoms with Gasteiger partial charge < -0.3 is 20.5 Å². The van der Waals surface area contributed by atoms with Crippen molar-refractivity contribution in [3.63, 3.8) is 0 Å². The molecule has 2 aliphatic heterocycles. The summed E-state index contributed by atoms with van der Waals surface area (Å²) >= 11 is 10.7. The summed E-state index contributed by atoms with van der Waals surface area (Å²) < 4.78 is 31.0. The number of hydrogen-bond acceptors (Lipinski definition) is 6. The largest absolute Gasteiger partial charge is 0.481 e. The van der Waals surface area contributed by atoms with Crippen molar-refractivity contribution >= 4 is 50.2 Å². The van der Waals surface area contributed by atoms with Crippen LogP contribution in [0.4, 0.5) is 0 Å².